The van der Waals surface area contributed by atoms with Gasteiger partial charge >= 0.3 is 11.9 Å². The Kier molecular flexibility index (Phi) is 41.1. The first kappa shape index (κ1) is 38.4. The van der Waals surface area contributed by atoms with Gasteiger partial charge in [-0.1, -0.05) is 143 Å². The van der Waals surface area contributed by atoms with Crippen LogP contribution in [0, 0.1) is 0 Å². The van der Waals surface area contributed by atoms with Crippen LogP contribution in [0.1, 0.15) is 175 Å². The molecule has 0 aromatic carbocycles. The third-order valence-electron chi connectivity index (χ3n) is 6.05. The van der Waals surface area contributed by atoms with Gasteiger partial charge in [0.1, 0.15) is 0 Å². The molecule has 0 aromatic rings. The number of carbonyl (C=O) groups is 2. The summed E-state index contributed by atoms with van der Waals surface area (Å²) >= 11 is 0. The van der Waals surface area contributed by atoms with Crippen molar-refractivity contribution in [2.24, 2.45) is 5.73 Å². The highest BCUT2D eigenvalue weighted by Gasteiger charge is 1.96. The van der Waals surface area contributed by atoms with Crippen LogP contribution >= 0.6 is 0 Å². The van der Waals surface area contributed by atoms with Gasteiger partial charge < -0.3 is 15.9 Å². The average Bonchev–Trinajstić information content (AvgIpc) is 2.83. The van der Waals surface area contributed by atoms with Gasteiger partial charge in [-0.25, -0.2) is 0 Å². The van der Waals surface area contributed by atoms with Crippen LogP contribution in [0.5, 0.6) is 0 Å². The third kappa shape index (κ3) is 50.7. The lowest BCUT2D eigenvalue weighted by molar-refractivity contribution is -0.138. The molecule has 0 saturated heterocycles. The standard InChI is InChI=1S/C10H23N.2C10H20O2/c1-2-3-4-5-6-7-8-9-10-11;2*1-2-3-4-5-6-7-8-9-10(11)12/h2-11H2,1H3;2*2-9H2,1H3,(H,11,12). The van der Waals surface area contributed by atoms with Crippen molar-refractivity contribution < 1.29 is 19.8 Å². The van der Waals surface area contributed by atoms with E-state index in [0.717, 1.165) is 32.2 Å². The summed E-state index contributed by atoms with van der Waals surface area (Å²) in [4.78, 5) is 20.3. The van der Waals surface area contributed by atoms with Gasteiger partial charge in [0.25, 0.3) is 0 Å². The molecule has 0 atom stereocenters. The highest BCUT2D eigenvalue weighted by molar-refractivity contribution is 5.66. The fourth-order valence-corrected chi connectivity index (χ4v) is 3.74. The molecule has 0 aliphatic rings. The fourth-order valence-electron chi connectivity index (χ4n) is 3.74. The van der Waals surface area contributed by atoms with E-state index in [-0.39, 0.29) is 0 Å². The van der Waals surface area contributed by atoms with E-state index in [1.54, 1.807) is 0 Å². The Hall–Kier alpha value is -1.10. The summed E-state index contributed by atoms with van der Waals surface area (Å²) in [6.07, 6.45) is 28.3. The molecule has 4 N–H and O–H groups in total. The van der Waals surface area contributed by atoms with Crippen LogP contribution in [-0.2, 0) is 9.59 Å². The molecular weight excluding hydrogens is 438 g/mol. The zero-order valence-electron chi connectivity index (χ0n) is 24.0. The summed E-state index contributed by atoms with van der Waals surface area (Å²) in [7, 11) is 0. The van der Waals surface area contributed by atoms with E-state index >= 15 is 0 Å². The van der Waals surface area contributed by atoms with Gasteiger partial charge in [0.2, 0.25) is 0 Å². The molecule has 0 spiro atoms. The first-order valence-corrected chi connectivity index (χ1v) is 15.1. The number of hydrogen-bond donors (Lipinski definition) is 3. The quantitative estimate of drug-likeness (QED) is 0.114. The van der Waals surface area contributed by atoms with Crippen LogP contribution < -0.4 is 5.73 Å². The van der Waals surface area contributed by atoms with E-state index in [0.29, 0.717) is 12.8 Å². The zero-order chi connectivity index (χ0) is 26.8. The Morgan fingerprint density at radius 3 is 0.886 bits per heavy atom. The second-order valence-corrected chi connectivity index (χ2v) is 9.79. The molecule has 0 rings (SSSR count). The lowest BCUT2D eigenvalue weighted by Crippen LogP contribution is -1.97. The van der Waals surface area contributed by atoms with E-state index in [1.165, 1.54) is 116 Å². The molecule has 0 saturated carbocycles. The number of aliphatic carboxylic acids is 2. The largest absolute Gasteiger partial charge is 0.481 e. The van der Waals surface area contributed by atoms with E-state index in [4.69, 9.17) is 15.9 Å². The van der Waals surface area contributed by atoms with Crippen LogP contribution in [0.4, 0.5) is 0 Å². The molecule has 0 aliphatic heterocycles. The molecule has 212 valence electrons. The number of unbranched alkanes of at least 4 members (excludes halogenated alkanes) is 19. The van der Waals surface area contributed by atoms with E-state index < -0.39 is 11.9 Å². The minimum Gasteiger partial charge on any atom is -0.481 e. The highest BCUT2D eigenvalue weighted by atomic mass is 16.4. The van der Waals surface area contributed by atoms with Gasteiger partial charge in [0, 0.05) is 12.8 Å². The van der Waals surface area contributed by atoms with Gasteiger partial charge in [0.05, 0.1) is 0 Å². The van der Waals surface area contributed by atoms with E-state index in [1.807, 2.05) is 0 Å². The minimum absolute atomic E-state index is 0.341. The maximum absolute atomic E-state index is 10.1. The van der Waals surface area contributed by atoms with Gasteiger partial charge in [-0.2, -0.15) is 0 Å². The van der Waals surface area contributed by atoms with Crippen molar-refractivity contribution in [2.45, 2.75) is 175 Å². The van der Waals surface area contributed by atoms with Crippen LogP contribution in [0.15, 0.2) is 0 Å². The van der Waals surface area contributed by atoms with Crippen molar-refractivity contribution in [2.75, 3.05) is 6.54 Å². The topological polar surface area (TPSA) is 101 Å². The fraction of sp³-hybridized carbons (Fsp3) is 0.933. The molecule has 0 bridgehead atoms. The Morgan fingerprint density at radius 1 is 0.429 bits per heavy atom. The Labute approximate surface area is 219 Å². The van der Waals surface area contributed by atoms with Crippen molar-refractivity contribution in [3.8, 4) is 0 Å². The van der Waals surface area contributed by atoms with E-state index in [9.17, 15) is 9.59 Å². The second-order valence-electron chi connectivity index (χ2n) is 9.79. The molecule has 0 heterocycles. The number of nitrogens with two attached hydrogens (primary N) is 1. The molecule has 0 radical (unpaired) electrons. The summed E-state index contributed by atoms with van der Waals surface area (Å²) < 4.78 is 0. The van der Waals surface area contributed by atoms with Gasteiger partial charge in [-0.15, -0.1) is 0 Å². The van der Waals surface area contributed by atoms with E-state index in [2.05, 4.69) is 20.8 Å². The molecule has 35 heavy (non-hydrogen) atoms. The van der Waals surface area contributed by atoms with Crippen LogP contribution in [0.25, 0.3) is 0 Å². The monoisotopic (exact) mass is 501 g/mol. The second kappa shape index (κ2) is 37.4. The van der Waals surface area contributed by atoms with Gasteiger partial charge in [0.15, 0.2) is 0 Å². The average molecular weight is 502 g/mol. The summed E-state index contributed by atoms with van der Waals surface area (Å²) in [5.74, 6) is -1.33. The van der Waals surface area contributed by atoms with Crippen molar-refractivity contribution >= 4 is 11.9 Å². The molecule has 5 heteroatoms. The molecule has 5 nitrogen and oxygen atoms in total. The number of hydrogen-bond acceptors (Lipinski definition) is 3. The maximum Gasteiger partial charge on any atom is 0.303 e. The minimum atomic E-state index is -0.663. The third-order valence-corrected chi connectivity index (χ3v) is 6.05. The summed E-state index contributed by atoms with van der Waals surface area (Å²) in [5, 5.41) is 16.7. The molecular formula is C30H63NO4. The highest BCUT2D eigenvalue weighted by Crippen LogP contribution is 2.09. The number of carboxylic acids is 2. The van der Waals surface area contributed by atoms with Crippen molar-refractivity contribution in [3.63, 3.8) is 0 Å². The number of rotatable bonds is 24. The molecule has 0 unspecified atom stereocenters. The number of carboxylic acid groups (broad SMARTS) is 2. The van der Waals surface area contributed by atoms with Crippen molar-refractivity contribution in [3.05, 3.63) is 0 Å². The molecule has 0 aliphatic carbocycles. The van der Waals surface area contributed by atoms with Gasteiger partial charge in [-0.05, 0) is 25.8 Å². The zero-order valence-corrected chi connectivity index (χ0v) is 24.0. The SMILES string of the molecule is CCCCCCCCCC(=O)O.CCCCCCCCCC(=O)O.CCCCCCCCCCN. The van der Waals surface area contributed by atoms with Crippen LogP contribution in [0.2, 0.25) is 0 Å². The van der Waals surface area contributed by atoms with Crippen LogP contribution in [-0.4, -0.2) is 28.7 Å². The first-order valence-electron chi connectivity index (χ1n) is 15.1. The smallest absolute Gasteiger partial charge is 0.303 e. The predicted octanol–water partition coefficient (Wildman–Crippen LogP) is 9.51. The lowest BCUT2D eigenvalue weighted by Gasteiger charge is -1.99. The predicted molar refractivity (Wildman–Crippen MR) is 152 cm³/mol. The molecule has 0 amide bonds. The lowest BCUT2D eigenvalue weighted by atomic mass is 10.1. The van der Waals surface area contributed by atoms with Gasteiger partial charge in [-0.3, -0.25) is 9.59 Å². The van der Waals surface area contributed by atoms with Crippen molar-refractivity contribution in [1.29, 1.82) is 0 Å². The molecule has 0 fully saturated rings. The normalized spacial score (nSPS) is 10.2. The summed E-state index contributed by atoms with van der Waals surface area (Å²) in [6, 6.07) is 0. The summed E-state index contributed by atoms with van der Waals surface area (Å²) in [5.41, 5.74) is 5.39. The molecule has 0 aromatic heterocycles. The Bertz CT molecular complexity index is 366. The Balaban J connectivity index is -0.000000439. The maximum atomic E-state index is 10.1. The van der Waals surface area contributed by atoms with Crippen molar-refractivity contribution in [1.82, 2.24) is 0 Å². The van der Waals surface area contributed by atoms with Crippen LogP contribution in [0.3, 0.4) is 0 Å². The first-order chi connectivity index (χ1) is 17.0. The Morgan fingerprint density at radius 2 is 0.657 bits per heavy atom. The summed E-state index contributed by atoms with van der Waals surface area (Å²) in [6.45, 7) is 7.53.